The van der Waals surface area contributed by atoms with E-state index in [1.165, 1.54) is 24.8 Å². The Morgan fingerprint density at radius 2 is 2.09 bits per heavy atom. The number of rotatable bonds is 7. The van der Waals surface area contributed by atoms with E-state index in [4.69, 9.17) is 9.84 Å². The van der Waals surface area contributed by atoms with E-state index in [9.17, 15) is 9.18 Å². The van der Waals surface area contributed by atoms with E-state index in [2.05, 4.69) is 20.8 Å². The van der Waals surface area contributed by atoms with Crippen molar-refractivity contribution in [3.8, 4) is 5.69 Å². The normalized spacial score (nSPS) is 10.5. The monoisotopic (exact) mass is 309 g/mol. The number of nitrogens with one attached hydrogen (secondary N) is 2. The summed E-state index contributed by atoms with van der Waals surface area (Å²) in [5, 5.41) is 20.8. The number of anilines is 1. The van der Waals surface area contributed by atoms with Crippen LogP contribution in [0.3, 0.4) is 0 Å². The lowest BCUT2D eigenvalue weighted by atomic mass is 10.2. The van der Waals surface area contributed by atoms with Crippen LogP contribution in [0.5, 0.6) is 0 Å². The van der Waals surface area contributed by atoms with Crippen molar-refractivity contribution in [3.05, 3.63) is 36.7 Å². The molecular weight excluding hydrogens is 293 g/mol. The summed E-state index contributed by atoms with van der Waals surface area (Å²) in [6.45, 7) is 0.641. The minimum atomic E-state index is -0.552. The molecule has 0 aliphatic carbocycles. The Bertz CT molecular complexity index is 606. The number of ether oxygens (including phenoxy) is 1. The Morgan fingerprint density at radius 3 is 2.82 bits per heavy atom. The Morgan fingerprint density at radius 1 is 1.32 bits per heavy atom. The van der Waals surface area contributed by atoms with Crippen molar-refractivity contribution in [2.75, 3.05) is 31.7 Å². The number of amides is 2. The number of aromatic nitrogens is 3. The van der Waals surface area contributed by atoms with Gasteiger partial charge in [-0.15, -0.1) is 10.2 Å². The Balaban J connectivity index is 1.91. The Hall–Kier alpha value is -2.52. The largest absolute Gasteiger partial charge is 0.394 e. The Kier molecular flexibility index (Phi) is 5.81. The van der Waals surface area contributed by atoms with Crippen LogP contribution >= 0.6 is 0 Å². The quantitative estimate of drug-likeness (QED) is 0.648. The van der Waals surface area contributed by atoms with Gasteiger partial charge in [-0.1, -0.05) is 0 Å². The molecule has 0 saturated carbocycles. The van der Waals surface area contributed by atoms with E-state index in [-0.39, 0.29) is 32.1 Å². The zero-order chi connectivity index (χ0) is 15.8. The maximum absolute atomic E-state index is 13.7. The number of urea groups is 1. The van der Waals surface area contributed by atoms with Crippen LogP contribution in [-0.2, 0) is 4.74 Å². The first kappa shape index (κ1) is 15.9. The summed E-state index contributed by atoms with van der Waals surface area (Å²) >= 11 is 0. The second kappa shape index (κ2) is 8.05. The van der Waals surface area contributed by atoms with Gasteiger partial charge in [-0.05, 0) is 18.2 Å². The highest BCUT2D eigenvalue weighted by Gasteiger charge is 2.08. The van der Waals surface area contributed by atoms with E-state index in [1.54, 1.807) is 10.6 Å². The standard InChI is InChI=1S/C13H16FN5O3/c14-11-2-1-10(19-8-16-17-9-19)7-12(11)18-13(21)15-3-5-22-6-4-20/h1-2,7-9,20H,3-6H2,(H2,15,18,21). The van der Waals surface area contributed by atoms with Gasteiger partial charge in [0.2, 0.25) is 0 Å². The summed E-state index contributed by atoms with van der Waals surface area (Å²) in [6, 6.07) is 3.72. The van der Waals surface area contributed by atoms with Crippen molar-refractivity contribution in [1.82, 2.24) is 20.1 Å². The molecule has 2 rings (SSSR count). The number of benzene rings is 1. The van der Waals surface area contributed by atoms with Gasteiger partial charge in [0, 0.05) is 6.54 Å². The molecule has 0 bridgehead atoms. The van der Waals surface area contributed by atoms with Crippen molar-refractivity contribution >= 4 is 11.7 Å². The summed E-state index contributed by atoms with van der Waals surface area (Å²) in [7, 11) is 0. The van der Waals surface area contributed by atoms with Crippen LogP contribution in [0.2, 0.25) is 0 Å². The molecule has 0 saturated heterocycles. The number of carbonyl (C=O) groups excluding carboxylic acids is 1. The van der Waals surface area contributed by atoms with E-state index in [0.29, 0.717) is 5.69 Å². The lowest BCUT2D eigenvalue weighted by Gasteiger charge is -2.10. The minimum absolute atomic E-state index is 0.0416. The van der Waals surface area contributed by atoms with Gasteiger partial charge in [0.15, 0.2) is 0 Å². The fourth-order valence-electron chi connectivity index (χ4n) is 1.67. The average Bonchev–Trinajstić information content (AvgIpc) is 3.03. The highest BCUT2D eigenvalue weighted by Crippen LogP contribution is 2.18. The second-order valence-electron chi connectivity index (χ2n) is 4.25. The smallest absolute Gasteiger partial charge is 0.319 e. The first-order chi connectivity index (χ1) is 10.7. The first-order valence-corrected chi connectivity index (χ1v) is 6.58. The lowest BCUT2D eigenvalue weighted by molar-refractivity contribution is 0.0950. The van der Waals surface area contributed by atoms with E-state index >= 15 is 0 Å². The maximum atomic E-state index is 13.7. The van der Waals surface area contributed by atoms with E-state index in [0.717, 1.165) is 0 Å². The zero-order valence-electron chi connectivity index (χ0n) is 11.7. The number of aliphatic hydroxyl groups excluding tert-OH is 1. The third-order valence-electron chi connectivity index (χ3n) is 2.68. The van der Waals surface area contributed by atoms with Crippen LogP contribution < -0.4 is 10.6 Å². The molecule has 2 amide bonds. The molecule has 9 heteroatoms. The number of hydrogen-bond donors (Lipinski definition) is 3. The third-order valence-corrected chi connectivity index (χ3v) is 2.68. The maximum Gasteiger partial charge on any atom is 0.319 e. The highest BCUT2D eigenvalue weighted by molar-refractivity contribution is 5.89. The Labute approximate surface area is 125 Å². The first-order valence-electron chi connectivity index (χ1n) is 6.58. The molecule has 0 atom stereocenters. The number of hydrogen-bond acceptors (Lipinski definition) is 5. The number of carbonyl (C=O) groups is 1. The molecule has 1 aromatic heterocycles. The second-order valence-corrected chi connectivity index (χ2v) is 4.25. The molecule has 3 N–H and O–H groups in total. The van der Waals surface area contributed by atoms with Crippen molar-refractivity contribution in [3.63, 3.8) is 0 Å². The van der Waals surface area contributed by atoms with Crippen LogP contribution in [0.4, 0.5) is 14.9 Å². The zero-order valence-corrected chi connectivity index (χ0v) is 11.7. The van der Waals surface area contributed by atoms with E-state index < -0.39 is 11.8 Å². The molecule has 118 valence electrons. The molecule has 0 fully saturated rings. The van der Waals surface area contributed by atoms with Gasteiger partial charge in [-0.25, -0.2) is 9.18 Å². The van der Waals surface area contributed by atoms with Gasteiger partial charge in [0.25, 0.3) is 0 Å². The molecule has 8 nitrogen and oxygen atoms in total. The fourth-order valence-corrected chi connectivity index (χ4v) is 1.67. The lowest BCUT2D eigenvalue weighted by Crippen LogP contribution is -2.32. The SMILES string of the molecule is O=C(NCCOCCO)Nc1cc(-n2cnnc2)ccc1F. The van der Waals surface area contributed by atoms with Crippen LogP contribution in [0.15, 0.2) is 30.9 Å². The predicted molar refractivity (Wildman–Crippen MR) is 76.2 cm³/mol. The van der Waals surface area contributed by atoms with Gasteiger partial charge in [0.1, 0.15) is 18.5 Å². The summed E-state index contributed by atoms with van der Waals surface area (Å²) < 4.78 is 20.3. The molecule has 0 aliphatic heterocycles. The summed E-state index contributed by atoms with van der Waals surface area (Å²) in [5.41, 5.74) is 0.660. The average molecular weight is 309 g/mol. The fraction of sp³-hybridized carbons (Fsp3) is 0.308. The van der Waals surface area contributed by atoms with Gasteiger partial charge < -0.3 is 20.5 Å². The molecule has 1 aromatic carbocycles. The van der Waals surface area contributed by atoms with Gasteiger partial charge in [-0.3, -0.25) is 4.57 Å². The summed E-state index contributed by atoms with van der Waals surface area (Å²) in [4.78, 5) is 11.7. The van der Waals surface area contributed by atoms with Gasteiger partial charge >= 0.3 is 6.03 Å². The van der Waals surface area contributed by atoms with Crippen molar-refractivity contribution in [2.24, 2.45) is 0 Å². The molecule has 0 spiro atoms. The molecule has 0 radical (unpaired) electrons. The van der Waals surface area contributed by atoms with Gasteiger partial charge in [-0.2, -0.15) is 0 Å². The molecule has 22 heavy (non-hydrogen) atoms. The van der Waals surface area contributed by atoms with Crippen LogP contribution in [0, 0.1) is 5.82 Å². The van der Waals surface area contributed by atoms with Crippen LogP contribution in [0.1, 0.15) is 0 Å². The number of nitrogens with zero attached hydrogens (tertiary/aromatic N) is 3. The molecule has 1 heterocycles. The number of halogens is 1. The topological polar surface area (TPSA) is 101 Å². The van der Waals surface area contributed by atoms with Crippen LogP contribution in [-0.4, -0.2) is 52.3 Å². The molecule has 0 unspecified atom stereocenters. The number of aliphatic hydroxyl groups is 1. The summed E-state index contributed by atoms with van der Waals surface area (Å²) in [6.07, 6.45) is 2.94. The molecular formula is C13H16FN5O3. The highest BCUT2D eigenvalue weighted by atomic mass is 19.1. The van der Waals surface area contributed by atoms with E-state index in [1.807, 2.05) is 0 Å². The van der Waals surface area contributed by atoms with Crippen molar-refractivity contribution < 1.29 is 19.0 Å². The predicted octanol–water partition coefficient (Wildman–Crippen LogP) is 0.537. The van der Waals surface area contributed by atoms with Crippen LogP contribution in [0.25, 0.3) is 5.69 Å². The molecule has 2 aromatic rings. The van der Waals surface area contributed by atoms with Crippen molar-refractivity contribution in [1.29, 1.82) is 0 Å². The summed E-state index contributed by atoms with van der Waals surface area (Å²) in [5.74, 6) is -0.552. The van der Waals surface area contributed by atoms with Gasteiger partial charge in [0.05, 0.1) is 31.2 Å². The third kappa shape index (κ3) is 4.50. The molecule has 0 aliphatic rings. The van der Waals surface area contributed by atoms with Crippen molar-refractivity contribution in [2.45, 2.75) is 0 Å². The minimum Gasteiger partial charge on any atom is -0.394 e.